The minimum atomic E-state index is -2.12. The topological polar surface area (TPSA) is 57.5 Å². The highest BCUT2D eigenvalue weighted by molar-refractivity contribution is 6.26. The largest absolute Gasteiger partial charge is 0.384 e. The minimum absolute atomic E-state index is 0.179. The molecule has 2 aromatic carbocycles. The van der Waals surface area contributed by atoms with Crippen LogP contribution in [-0.2, 0) is 10.4 Å². The molecule has 0 saturated carbocycles. The zero-order chi connectivity index (χ0) is 17.3. The zero-order valence-corrected chi connectivity index (χ0v) is 13.4. The highest BCUT2D eigenvalue weighted by Crippen LogP contribution is 2.46. The number of unbranched alkanes of at least 4 members (excludes halogenated alkanes) is 1. The fourth-order valence-corrected chi connectivity index (χ4v) is 3.14. The summed E-state index contributed by atoms with van der Waals surface area (Å²) >= 11 is 0. The number of aliphatic hydroxyl groups excluding tert-OH is 1. The number of halogens is 1. The molecule has 24 heavy (non-hydrogen) atoms. The van der Waals surface area contributed by atoms with E-state index in [1.165, 1.54) is 24.3 Å². The van der Waals surface area contributed by atoms with E-state index in [9.17, 15) is 19.4 Å². The summed E-state index contributed by atoms with van der Waals surface area (Å²) < 4.78 is 13.2. The Hall–Kier alpha value is -2.30. The number of allylic oxidation sites excluding steroid dienone is 1. The lowest BCUT2D eigenvalue weighted by Crippen LogP contribution is -2.45. The molecule has 0 aliphatic heterocycles. The first-order valence-electron chi connectivity index (χ1n) is 8.01. The van der Waals surface area contributed by atoms with Gasteiger partial charge in [0.05, 0.1) is 0 Å². The monoisotopic (exact) mass is 326 g/mol. The van der Waals surface area contributed by atoms with E-state index in [1.54, 1.807) is 30.3 Å². The molecule has 0 saturated heterocycles. The smallest absolute Gasteiger partial charge is 0.202 e. The quantitative estimate of drug-likeness (QED) is 0.849. The van der Waals surface area contributed by atoms with Gasteiger partial charge >= 0.3 is 0 Å². The average Bonchev–Trinajstić information content (AvgIpc) is 2.60. The molecule has 0 bridgehead atoms. The van der Waals surface area contributed by atoms with E-state index in [2.05, 4.69) is 0 Å². The van der Waals surface area contributed by atoms with E-state index in [4.69, 9.17) is 0 Å². The summed E-state index contributed by atoms with van der Waals surface area (Å²) in [5.74, 6) is -1.03. The number of benzene rings is 2. The number of rotatable bonds is 3. The maximum absolute atomic E-state index is 13.2. The molecule has 1 aliphatic rings. The van der Waals surface area contributed by atoms with E-state index in [1.807, 2.05) is 6.92 Å². The van der Waals surface area contributed by atoms with E-state index < -0.39 is 23.3 Å². The normalized spacial score (nSPS) is 24.9. The molecule has 1 aliphatic carbocycles. The van der Waals surface area contributed by atoms with Crippen LogP contribution in [0.4, 0.5) is 4.39 Å². The molecule has 0 amide bonds. The van der Waals surface area contributed by atoms with Crippen molar-refractivity contribution in [1.82, 2.24) is 0 Å². The highest BCUT2D eigenvalue weighted by atomic mass is 19.1. The number of hydrogen-bond donors (Lipinski definition) is 2. The first kappa shape index (κ1) is 16.6. The predicted octanol–water partition coefficient (Wildman–Crippen LogP) is 3.51. The molecule has 2 aromatic rings. The summed E-state index contributed by atoms with van der Waals surface area (Å²) in [5.41, 5.74) is -0.425. The average molecular weight is 326 g/mol. The van der Waals surface area contributed by atoms with Gasteiger partial charge in [-0.15, -0.1) is 0 Å². The second-order valence-corrected chi connectivity index (χ2v) is 6.00. The molecule has 124 valence electrons. The summed E-state index contributed by atoms with van der Waals surface area (Å²) in [4.78, 5) is 13.0. The van der Waals surface area contributed by atoms with Gasteiger partial charge < -0.3 is 10.2 Å². The molecule has 0 aromatic heterocycles. The third-order valence-corrected chi connectivity index (χ3v) is 4.45. The van der Waals surface area contributed by atoms with Gasteiger partial charge in [-0.2, -0.15) is 0 Å². The minimum Gasteiger partial charge on any atom is -0.384 e. The molecule has 3 nitrogen and oxygen atoms in total. The summed E-state index contributed by atoms with van der Waals surface area (Å²) in [6.45, 7) is 2.00. The van der Waals surface area contributed by atoms with E-state index >= 15 is 0 Å². The van der Waals surface area contributed by atoms with Gasteiger partial charge in [0.25, 0.3) is 0 Å². The Morgan fingerprint density at radius 3 is 2.50 bits per heavy atom. The Morgan fingerprint density at radius 2 is 1.83 bits per heavy atom. The molecule has 2 atom stereocenters. The second kappa shape index (κ2) is 6.30. The number of carbonyl (C=O) groups excluding carboxylic acids is 1. The fourth-order valence-electron chi connectivity index (χ4n) is 3.14. The standard InChI is InChI=1S/C20H19FO3/c1-2-3-6-16-15-7-4-5-8-17(15)19(23)20(24,18(16)22)13-9-11-14(21)12-10-13/h4-12,19,23-24H,2-3H2,1H3/b16-6+/t19-,20+/m1/s1. The van der Waals surface area contributed by atoms with Crippen LogP contribution in [0.3, 0.4) is 0 Å². The van der Waals surface area contributed by atoms with Crippen LogP contribution in [0.5, 0.6) is 0 Å². The predicted molar refractivity (Wildman–Crippen MR) is 89.6 cm³/mol. The van der Waals surface area contributed by atoms with Crippen LogP contribution in [0.25, 0.3) is 5.57 Å². The van der Waals surface area contributed by atoms with Crippen LogP contribution in [0.15, 0.2) is 54.6 Å². The molecule has 2 N–H and O–H groups in total. The van der Waals surface area contributed by atoms with Crippen LogP contribution >= 0.6 is 0 Å². The maximum Gasteiger partial charge on any atom is 0.202 e. The van der Waals surface area contributed by atoms with Crippen molar-refractivity contribution < 1.29 is 19.4 Å². The third kappa shape index (κ3) is 2.48. The summed E-state index contributed by atoms with van der Waals surface area (Å²) in [6.07, 6.45) is 1.92. The maximum atomic E-state index is 13.2. The van der Waals surface area contributed by atoms with Crippen LogP contribution in [0, 0.1) is 5.82 Å². The Morgan fingerprint density at radius 1 is 1.17 bits per heavy atom. The fraction of sp³-hybridized carbons (Fsp3) is 0.250. The van der Waals surface area contributed by atoms with Crippen molar-refractivity contribution in [2.24, 2.45) is 0 Å². The molecule has 3 rings (SSSR count). The number of ketones is 1. The number of hydrogen-bond acceptors (Lipinski definition) is 3. The Balaban J connectivity index is 2.21. The first-order chi connectivity index (χ1) is 11.5. The molecular weight excluding hydrogens is 307 g/mol. The van der Waals surface area contributed by atoms with Crippen LogP contribution in [-0.4, -0.2) is 16.0 Å². The van der Waals surface area contributed by atoms with Crippen molar-refractivity contribution in [1.29, 1.82) is 0 Å². The van der Waals surface area contributed by atoms with Gasteiger partial charge in [-0.05, 0) is 35.2 Å². The lowest BCUT2D eigenvalue weighted by molar-refractivity contribution is -0.148. The number of aliphatic hydroxyl groups is 2. The Bertz CT molecular complexity index is 795. The van der Waals surface area contributed by atoms with Crippen molar-refractivity contribution in [2.45, 2.75) is 31.5 Å². The summed E-state index contributed by atoms with van der Waals surface area (Å²) in [7, 11) is 0. The molecule has 0 heterocycles. The van der Waals surface area contributed by atoms with Gasteiger partial charge in [-0.1, -0.05) is 55.8 Å². The lowest BCUT2D eigenvalue weighted by Gasteiger charge is -2.38. The van der Waals surface area contributed by atoms with E-state index in [0.717, 1.165) is 6.42 Å². The second-order valence-electron chi connectivity index (χ2n) is 6.00. The molecule has 4 heteroatoms. The van der Waals surface area contributed by atoms with E-state index in [-0.39, 0.29) is 5.56 Å². The molecule has 0 fully saturated rings. The van der Waals surface area contributed by atoms with E-state index in [0.29, 0.717) is 23.1 Å². The van der Waals surface area contributed by atoms with Crippen molar-refractivity contribution in [3.63, 3.8) is 0 Å². The van der Waals surface area contributed by atoms with Gasteiger partial charge in [0.2, 0.25) is 5.78 Å². The van der Waals surface area contributed by atoms with Crippen molar-refractivity contribution in [2.75, 3.05) is 0 Å². The third-order valence-electron chi connectivity index (χ3n) is 4.45. The van der Waals surface area contributed by atoms with Gasteiger partial charge in [-0.25, -0.2) is 4.39 Å². The number of fused-ring (bicyclic) bond motifs is 1. The molecule has 0 radical (unpaired) electrons. The van der Waals surface area contributed by atoms with Crippen molar-refractivity contribution >= 4 is 11.4 Å². The highest BCUT2D eigenvalue weighted by Gasteiger charge is 2.51. The van der Waals surface area contributed by atoms with Gasteiger partial charge in [0.15, 0.2) is 5.60 Å². The lowest BCUT2D eigenvalue weighted by atomic mass is 9.71. The number of carbonyl (C=O) groups is 1. The summed E-state index contributed by atoms with van der Waals surface area (Å²) in [6, 6.07) is 12.0. The SMILES string of the molecule is CCC/C=C1/C(=O)[C@@](O)(c2ccc(F)cc2)[C@H](O)c2ccccc21. The van der Waals surface area contributed by atoms with Crippen molar-refractivity contribution in [3.8, 4) is 0 Å². The first-order valence-corrected chi connectivity index (χ1v) is 8.01. The molecule has 0 unspecified atom stereocenters. The van der Waals surface area contributed by atoms with Crippen LogP contribution in [0.2, 0.25) is 0 Å². The summed E-state index contributed by atoms with van der Waals surface area (Å²) in [5, 5.41) is 21.8. The molecule has 0 spiro atoms. The Labute approximate surface area is 140 Å². The van der Waals surface area contributed by atoms with Gasteiger partial charge in [0, 0.05) is 5.57 Å². The van der Waals surface area contributed by atoms with Crippen LogP contribution in [0.1, 0.15) is 42.6 Å². The number of Topliss-reactive ketones (excluding diaryl/α,β-unsaturated/α-hetero) is 1. The van der Waals surface area contributed by atoms with Gasteiger partial charge in [-0.3, -0.25) is 4.79 Å². The Kier molecular flexibility index (Phi) is 4.35. The van der Waals surface area contributed by atoms with Gasteiger partial charge in [0.1, 0.15) is 11.9 Å². The molecular formula is C20H19FO3. The van der Waals surface area contributed by atoms with Crippen molar-refractivity contribution in [3.05, 3.63) is 77.1 Å². The van der Waals surface area contributed by atoms with Crippen LogP contribution < -0.4 is 0 Å². The zero-order valence-electron chi connectivity index (χ0n) is 13.4.